The van der Waals surface area contributed by atoms with Crippen molar-refractivity contribution in [2.45, 2.75) is 4.90 Å². The summed E-state index contributed by atoms with van der Waals surface area (Å²) < 4.78 is 43.4. The first-order valence-corrected chi connectivity index (χ1v) is 7.34. The van der Waals surface area contributed by atoms with Crippen LogP contribution in [0, 0.1) is 5.82 Å². The highest BCUT2D eigenvalue weighted by Gasteiger charge is 2.31. The number of ether oxygens (including phenoxy) is 1. The minimum absolute atomic E-state index is 0.0118. The van der Waals surface area contributed by atoms with E-state index in [1.165, 1.54) is 30.5 Å². The molecule has 3 rings (SSSR count). The molecule has 1 aliphatic heterocycles. The first-order valence-electron chi connectivity index (χ1n) is 5.86. The predicted octanol–water partition coefficient (Wildman–Crippen LogP) is 2.43. The normalized spacial score (nSPS) is 15.6. The largest absolute Gasteiger partial charge is 0.487 e. The van der Waals surface area contributed by atoms with Crippen molar-refractivity contribution in [1.82, 2.24) is 4.98 Å². The number of fused-ring (bicyclic) bond motifs is 1. The van der Waals surface area contributed by atoms with E-state index in [1.54, 1.807) is 18.3 Å². The average Bonchev–Trinajstić information content (AvgIpc) is 2.71. The van der Waals surface area contributed by atoms with Crippen molar-refractivity contribution < 1.29 is 17.5 Å². The van der Waals surface area contributed by atoms with E-state index in [0.29, 0.717) is 5.75 Å². The molecule has 102 valence electrons. The van der Waals surface area contributed by atoms with Crippen LogP contribution in [0.4, 0.5) is 4.39 Å². The van der Waals surface area contributed by atoms with Gasteiger partial charge in [0.25, 0.3) is 0 Å². The van der Waals surface area contributed by atoms with Crippen LogP contribution in [0.25, 0.3) is 6.08 Å². The van der Waals surface area contributed by atoms with Gasteiger partial charge in [-0.3, -0.25) is 4.98 Å². The van der Waals surface area contributed by atoms with Crippen molar-refractivity contribution in [3.8, 4) is 5.75 Å². The van der Waals surface area contributed by atoms with Gasteiger partial charge in [-0.1, -0.05) is 6.07 Å². The third-order valence-electron chi connectivity index (χ3n) is 2.97. The molecule has 0 aliphatic carbocycles. The summed E-state index contributed by atoms with van der Waals surface area (Å²) in [6.07, 6.45) is 4.38. The maximum atomic E-state index is 13.6. The Hall–Kier alpha value is -2.21. The van der Waals surface area contributed by atoms with Crippen LogP contribution < -0.4 is 4.74 Å². The van der Waals surface area contributed by atoms with Crippen molar-refractivity contribution in [3.05, 3.63) is 59.0 Å². The summed E-state index contributed by atoms with van der Waals surface area (Å²) >= 11 is 0. The van der Waals surface area contributed by atoms with Gasteiger partial charge in [0.15, 0.2) is 0 Å². The van der Waals surface area contributed by atoms with E-state index in [1.807, 2.05) is 0 Å². The van der Waals surface area contributed by atoms with Gasteiger partial charge >= 0.3 is 0 Å². The molecule has 0 spiro atoms. The van der Waals surface area contributed by atoms with Gasteiger partial charge in [0.2, 0.25) is 9.84 Å². The van der Waals surface area contributed by atoms with Crippen molar-refractivity contribution in [2.75, 3.05) is 6.61 Å². The molecule has 4 nitrogen and oxygen atoms in total. The van der Waals surface area contributed by atoms with Gasteiger partial charge in [0.05, 0.1) is 16.0 Å². The molecule has 1 aromatic heterocycles. The maximum Gasteiger partial charge on any atom is 0.206 e. The van der Waals surface area contributed by atoms with Crippen molar-refractivity contribution >= 4 is 15.9 Å². The monoisotopic (exact) mass is 291 g/mol. The molecular weight excluding hydrogens is 281 g/mol. The van der Waals surface area contributed by atoms with Gasteiger partial charge in [0.1, 0.15) is 18.2 Å². The summed E-state index contributed by atoms with van der Waals surface area (Å²) in [5, 5.41) is 0. The van der Waals surface area contributed by atoms with Gasteiger partial charge < -0.3 is 4.74 Å². The third kappa shape index (κ3) is 2.08. The highest BCUT2D eigenvalue weighted by Crippen LogP contribution is 2.34. The molecule has 2 aromatic rings. The zero-order valence-corrected chi connectivity index (χ0v) is 11.1. The van der Waals surface area contributed by atoms with Gasteiger partial charge in [0, 0.05) is 11.8 Å². The van der Waals surface area contributed by atoms with E-state index in [0.717, 1.165) is 0 Å². The minimum atomic E-state index is -3.66. The number of sulfone groups is 1. The molecule has 1 aromatic carbocycles. The lowest BCUT2D eigenvalue weighted by Gasteiger charge is -2.06. The highest BCUT2D eigenvalue weighted by molar-refractivity contribution is 7.95. The number of aromatic nitrogens is 1. The molecule has 0 N–H and O–H groups in total. The second-order valence-electron chi connectivity index (χ2n) is 4.24. The topological polar surface area (TPSA) is 56.3 Å². The maximum absolute atomic E-state index is 13.6. The SMILES string of the molecule is O=S1(=O)C(COc2cccnc2)=Cc2c(F)cccc21. The zero-order chi connectivity index (χ0) is 14.2. The summed E-state index contributed by atoms with van der Waals surface area (Å²) in [6, 6.07) is 7.35. The van der Waals surface area contributed by atoms with E-state index < -0.39 is 15.7 Å². The fourth-order valence-corrected chi connectivity index (χ4v) is 3.45. The smallest absolute Gasteiger partial charge is 0.206 e. The minimum Gasteiger partial charge on any atom is -0.487 e. The van der Waals surface area contributed by atoms with Crippen LogP contribution in [0.15, 0.2) is 52.5 Å². The van der Waals surface area contributed by atoms with E-state index in [-0.39, 0.29) is 22.0 Å². The molecule has 0 radical (unpaired) electrons. The Morgan fingerprint density at radius 2 is 2.05 bits per heavy atom. The summed E-state index contributed by atoms with van der Waals surface area (Å²) in [5.74, 6) is -0.0949. The average molecular weight is 291 g/mol. The number of halogens is 1. The molecule has 1 aliphatic rings. The van der Waals surface area contributed by atoms with Crippen molar-refractivity contribution in [2.24, 2.45) is 0 Å². The molecular formula is C14H10FNO3S. The molecule has 0 amide bonds. The molecule has 2 heterocycles. The van der Waals surface area contributed by atoms with E-state index >= 15 is 0 Å². The van der Waals surface area contributed by atoms with Crippen LogP contribution >= 0.6 is 0 Å². The fourth-order valence-electron chi connectivity index (χ4n) is 1.98. The number of pyridine rings is 1. The Morgan fingerprint density at radius 3 is 2.75 bits per heavy atom. The summed E-state index contributed by atoms with van der Waals surface area (Å²) in [6.45, 7) is -0.151. The van der Waals surface area contributed by atoms with Crippen LogP contribution in [0.5, 0.6) is 5.75 Å². The molecule has 0 unspecified atom stereocenters. The second-order valence-corrected chi connectivity index (χ2v) is 6.21. The molecule has 0 saturated carbocycles. The summed E-state index contributed by atoms with van der Waals surface area (Å²) in [5.41, 5.74) is 0.0947. The van der Waals surface area contributed by atoms with Crippen LogP contribution in [0.3, 0.4) is 0 Å². The van der Waals surface area contributed by atoms with Gasteiger partial charge in [-0.2, -0.15) is 0 Å². The van der Waals surface area contributed by atoms with E-state index in [4.69, 9.17) is 4.74 Å². The molecule has 20 heavy (non-hydrogen) atoms. The van der Waals surface area contributed by atoms with Crippen molar-refractivity contribution in [1.29, 1.82) is 0 Å². The van der Waals surface area contributed by atoms with Crippen molar-refractivity contribution in [3.63, 3.8) is 0 Å². The predicted molar refractivity (Wildman–Crippen MR) is 71.3 cm³/mol. The van der Waals surface area contributed by atoms with E-state index in [2.05, 4.69) is 4.98 Å². The van der Waals surface area contributed by atoms with E-state index in [9.17, 15) is 12.8 Å². The Morgan fingerprint density at radius 1 is 1.20 bits per heavy atom. The molecule has 0 fully saturated rings. The number of hydrogen-bond donors (Lipinski definition) is 0. The number of nitrogens with zero attached hydrogens (tertiary/aromatic N) is 1. The lowest BCUT2D eigenvalue weighted by atomic mass is 10.2. The molecule has 0 bridgehead atoms. The number of benzene rings is 1. The molecule has 0 atom stereocenters. The molecule has 0 saturated heterocycles. The Kier molecular flexibility index (Phi) is 3.02. The third-order valence-corrected chi connectivity index (χ3v) is 4.83. The van der Waals surface area contributed by atoms with Gasteiger partial charge in [-0.05, 0) is 30.3 Å². The lowest BCUT2D eigenvalue weighted by molar-refractivity contribution is 0.357. The fraction of sp³-hybridized carbons (Fsp3) is 0.0714. The molecule has 6 heteroatoms. The summed E-state index contributed by atoms with van der Waals surface area (Å²) in [7, 11) is -3.66. The Bertz CT molecular complexity index is 785. The Balaban J connectivity index is 1.89. The summed E-state index contributed by atoms with van der Waals surface area (Å²) in [4.78, 5) is 3.90. The van der Waals surface area contributed by atoms with Crippen LogP contribution in [-0.4, -0.2) is 20.0 Å². The van der Waals surface area contributed by atoms with Crippen LogP contribution in [0.1, 0.15) is 5.56 Å². The number of rotatable bonds is 3. The Labute approximate surface area is 115 Å². The van der Waals surface area contributed by atoms with Crippen LogP contribution in [-0.2, 0) is 9.84 Å². The second kappa shape index (κ2) is 4.72. The van der Waals surface area contributed by atoms with Crippen LogP contribution in [0.2, 0.25) is 0 Å². The quantitative estimate of drug-likeness (QED) is 0.871. The standard InChI is InChI=1S/C14H10FNO3S/c15-13-4-1-5-14-12(13)7-11(20(14,17)18)9-19-10-3-2-6-16-8-10/h1-8H,9H2. The zero-order valence-electron chi connectivity index (χ0n) is 10.3. The highest BCUT2D eigenvalue weighted by atomic mass is 32.2. The first kappa shape index (κ1) is 12.8. The van der Waals surface area contributed by atoms with Gasteiger partial charge in [-0.15, -0.1) is 0 Å². The van der Waals surface area contributed by atoms with Gasteiger partial charge in [-0.25, -0.2) is 12.8 Å². The lowest BCUT2D eigenvalue weighted by Crippen LogP contribution is -2.09. The first-order chi connectivity index (χ1) is 9.59. The number of hydrogen-bond acceptors (Lipinski definition) is 4.